The average molecular weight is 412 g/mol. The molecule has 0 unspecified atom stereocenters. The van der Waals surface area contributed by atoms with E-state index >= 15 is 0 Å². The number of carbonyl (C=O) groups excluding carboxylic acids is 1. The molecular weight excluding hydrogens is 378 g/mol. The lowest BCUT2D eigenvalue weighted by Crippen LogP contribution is -2.48. The molecule has 30 heavy (non-hydrogen) atoms. The summed E-state index contributed by atoms with van der Waals surface area (Å²) >= 11 is 0. The Balaban J connectivity index is 1.37. The maximum absolute atomic E-state index is 12.6. The van der Waals surface area contributed by atoms with Gasteiger partial charge in [-0.25, -0.2) is 0 Å². The lowest BCUT2D eigenvalue weighted by Gasteiger charge is -2.34. The predicted molar refractivity (Wildman–Crippen MR) is 119 cm³/mol. The summed E-state index contributed by atoms with van der Waals surface area (Å²) in [4.78, 5) is 17.5. The number of carbonyl (C=O) groups is 1. The Morgan fingerprint density at radius 2 is 1.63 bits per heavy atom. The van der Waals surface area contributed by atoms with Crippen molar-refractivity contribution in [2.24, 2.45) is 0 Å². The van der Waals surface area contributed by atoms with Gasteiger partial charge in [-0.1, -0.05) is 42.5 Å². The predicted octanol–water partition coefficient (Wildman–Crippen LogP) is 2.65. The zero-order valence-corrected chi connectivity index (χ0v) is 17.9. The Labute approximate surface area is 179 Å². The van der Waals surface area contributed by atoms with Crippen LogP contribution in [-0.2, 0) is 11.3 Å². The van der Waals surface area contributed by atoms with E-state index in [1.165, 1.54) is 5.56 Å². The van der Waals surface area contributed by atoms with Crippen LogP contribution in [0.15, 0.2) is 54.6 Å². The highest BCUT2D eigenvalue weighted by molar-refractivity contribution is 5.96. The van der Waals surface area contributed by atoms with Gasteiger partial charge in [0.1, 0.15) is 12.4 Å². The monoisotopic (exact) mass is 411 g/mol. The molecule has 1 fully saturated rings. The van der Waals surface area contributed by atoms with Crippen molar-refractivity contribution < 1.29 is 14.3 Å². The quantitative estimate of drug-likeness (QED) is 0.576. The molecule has 0 atom stereocenters. The molecule has 1 saturated heterocycles. The molecular formula is C24H33N3O3. The number of benzene rings is 2. The van der Waals surface area contributed by atoms with E-state index in [4.69, 9.17) is 9.47 Å². The fraction of sp³-hybridized carbons (Fsp3) is 0.458. The Hall–Kier alpha value is -2.41. The second-order valence-corrected chi connectivity index (χ2v) is 7.40. The van der Waals surface area contributed by atoms with Crippen molar-refractivity contribution in [3.63, 3.8) is 0 Å². The third kappa shape index (κ3) is 7.13. The van der Waals surface area contributed by atoms with Gasteiger partial charge in [0.05, 0.1) is 12.2 Å². The molecule has 0 aromatic heterocycles. The van der Waals surface area contributed by atoms with Crippen LogP contribution in [0.1, 0.15) is 22.8 Å². The number of hydrogen-bond donors (Lipinski definition) is 1. The van der Waals surface area contributed by atoms with Gasteiger partial charge in [0, 0.05) is 52.4 Å². The molecule has 1 aliphatic heterocycles. The van der Waals surface area contributed by atoms with Gasteiger partial charge < -0.3 is 14.8 Å². The van der Waals surface area contributed by atoms with Crippen LogP contribution in [0.3, 0.4) is 0 Å². The maximum Gasteiger partial charge on any atom is 0.255 e. The van der Waals surface area contributed by atoms with Crippen LogP contribution in [0, 0.1) is 0 Å². The van der Waals surface area contributed by atoms with E-state index in [0.717, 1.165) is 39.3 Å². The number of rotatable bonds is 11. The van der Waals surface area contributed by atoms with E-state index in [1.54, 1.807) is 6.07 Å². The van der Waals surface area contributed by atoms with Crippen LogP contribution in [0.4, 0.5) is 0 Å². The first kappa shape index (κ1) is 22.3. The fourth-order valence-electron chi connectivity index (χ4n) is 3.57. The molecule has 1 N–H and O–H groups in total. The first-order valence-electron chi connectivity index (χ1n) is 10.8. The molecule has 0 saturated carbocycles. The molecule has 0 aliphatic carbocycles. The Morgan fingerprint density at radius 1 is 0.933 bits per heavy atom. The maximum atomic E-state index is 12.6. The minimum atomic E-state index is -0.0928. The summed E-state index contributed by atoms with van der Waals surface area (Å²) in [6.07, 6.45) is 0. The topological polar surface area (TPSA) is 54.0 Å². The molecule has 1 aliphatic rings. The van der Waals surface area contributed by atoms with Crippen molar-refractivity contribution in [1.82, 2.24) is 15.1 Å². The summed E-state index contributed by atoms with van der Waals surface area (Å²) in [7, 11) is 0. The molecule has 1 heterocycles. The first-order valence-corrected chi connectivity index (χ1v) is 10.8. The Bertz CT molecular complexity index is 761. The number of hydrogen-bond acceptors (Lipinski definition) is 5. The van der Waals surface area contributed by atoms with Crippen molar-refractivity contribution in [2.45, 2.75) is 13.5 Å². The molecule has 0 bridgehead atoms. The number of ether oxygens (including phenoxy) is 2. The molecule has 2 aromatic carbocycles. The van der Waals surface area contributed by atoms with Gasteiger partial charge in [0.15, 0.2) is 0 Å². The third-order valence-corrected chi connectivity index (χ3v) is 5.25. The second kappa shape index (κ2) is 12.3. The van der Waals surface area contributed by atoms with Gasteiger partial charge in [0.25, 0.3) is 5.91 Å². The molecule has 0 radical (unpaired) electrons. The van der Waals surface area contributed by atoms with Crippen molar-refractivity contribution in [1.29, 1.82) is 0 Å². The number of piperazine rings is 1. The lowest BCUT2D eigenvalue weighted by molar-refractivity contribution is 0.0919. The third-order valence-electron chi connectivity index (χ3n) is 5.25. The van der Waals surface area contributed by atoms with Crippen LogP contribution in [0.2, 0.25) is 0 Å². The van der Waals surface area contributed by atoms with Crippen LogP contribution in [0.25, 0.3) is 0 Å². The van der Waals surface area contributed by atoms with Crippen molar-refractivity contribution in [3.05, 3.63) is 65.7 Å². The number of amides is 1. The second-order valence-electron chi connectivity index (χ2n) is 7.40. The summed E-state index contributed by atoms with van der Waals surface area (Å²) < 4.78 is 11.0. The van der Waals surface area contributed by atoms with Crippen molar-refractivity contribution in [3.8, 4) is 5.75 Å². The van der Waals surface area contributed by atoms with E-state index in [0.29, 0.717) is 37.7 Å². The zero-order valence-electron chi connectivity index (χ0n) is 17.9. The molecule has 6 nitrogen and oxygen atoms in total. The summed E-state index contributed by atoms with van der Waals surface area (Å²) in [5.41, 5.74) is 1.93. The van der Waals surface area contributed by atoms with Crippen LogP contribution < -0.4 is 10.1 Å². The van der Waals surface area contributed by atoms with Crippen molar-refractivity contribution >= 4 is 5.91 Å². The van der Waals surface area contributed by atoms with Gasteiger partial charge in [0.2, 0.25) is 0 Å². The minimum absolute atomic E-state index is 0.0928. The Kier molecular flexibility index (Phi) is 9.15. The number of nitrogens with one attached hydrogen (secondary N) is 1. The largest absolute Gasteiger partial charge is 0.490 e. The van der Waals surface area contributed by atoms with Crippen molar-refractivity contribution in [2.75, 3.05) is 59.1 Å². The molecule has 6 heteroatoms. The van der Waals surface area contributed by atoms with E-state index in [9.17, 15) is 4.79 Å². The van der Waals surface area contributed by atoms with Gasteiger partial charge in [-0.05, 0) is 24.6 Å². The van der Waals surface area contributed by atoms with Gasteiger partial charge >= 0.3 is 0 Å². The Morgan fingerprint density at radius 3 is 2.40 bits per heavy atom. The number of para-hydroxylation sites is 1. The summed E-state index contributed by atoms with van der Waals surface area (Å²) in [6, 6.07) is 18.0. The first-order chi connectivity index (χ1) is 14.8. The molecule has 162 valence electrons. The number of nitrogens with zero attached hydrogens (tertiary/aromatic N) is 2. The lowest BCUT2D eigenvalue weighted by atomic mass is 10.2. The fourth-order valence-corrected chi connectivity index (χ4v) is 3.57. The molecule has 3 rings (SSSR count). The average Bonchev–Trinajstić information content (AvgIpc) is 2.79. The normalized spacial score (nSPS) is 15.1. The minimum Gasteiger partial charge on any atom is -0.490 e. The molecule has 1 amide bonds. The van der Waals surface area contributed by atoms with Gasteiger partial charge in [-0.2, -0.15) is 0 Å². The highest BCUT2D eigenvalue weighted by atomic mass is 16.5. The smallest absolute Gasteiger partial charge is 0.255 e. The standard InChI is InChI=1S/C24H33N3O3/c1-2-29-18-19-30-23-11-7-6-10-22(23)24(28)25-12-13-26-14-16-27(17-15-26)20-21-8-4-3-5-9-21/h3-11H,2,12-20H2,1H3,(H,25,28). The van der Waals surface area contributed by atoms with Crippen LogP contribution in [0.5, 0.6) is 5.75 Å². The zero-order chi connectivity index (χ0) is 21.0. The summed E-state index contributed by atoms with van der Waals surface area (Å²) in [5.74, 6) is 0.508. The highest BCUT2D eigenvalue weighted by Crippen LogP contribution is 2.17. The van der Waals surface area contributed by atoms with E-state index in [2.05, 4.69) is 45.4 Å². The van der Waals surface area contributed by atoms with E-state index < -0.39 is 0 Å². The van der Waals surface area contributed by atoms with E-state index in [-0.39, 0.29) is 5.91 Å². The van der Waals surface area contributed by atoms with Gasteiger partial charge in [-0.15, -0.1) is 0 Å². The van der Waals surface area contributed by atoms with Gasteiger partial charge in [-0.3, -0.25) is 14.6 Å². The van der Waals surface area contributed by atoms with Crippen LogP contribution >= 0.6 is 0 Å². The van der Waals surface area contributed by atoms with E-state index in [1.807, 2.05) is 25.1 Å². The molecule has 0 spiro atoms. The molecule has 2 aromatic rings. The van der Waals surface area contributed by atoms with Crippen LogP contribution in [-0.4, -0.2) is 74.8 Å². The highest BCUT2D eigenvalue weighted by Gasteiger charge is 2.17. The summed E-state index contributed by atoms with van der Waals surface area (Å²) in [5, 5.41) is 3.03. The summed E-state index contributed by atoms with van der Waals surface area (Å²) in [6.45, 7) is 10.2. The SMILES string of the molecule is CCOCCOc1ccccc1C(=O)NCCN1CCN(Cc2ccccc2)CC1.